The highest BCUT2D eigenvalue weighted by Crippen LogP contribution is 2.43. The van der Waals surface area contributed by atoms with Crippen LogP contribution in [-0.4, -0.2) is 46.1 Å². The highest BCUT2D eigenvalue weighted by Gasteiger charge is 2.50. The standard InChI is InChI=1S/C24H36N6O2Si/c1-7-17-18(26-13-16-11-9-8-10-12-16)20(32-33(5,6)24(2,3)4)23(31-17)30-15-29-19-21(25)27-14-28-22(19)30/h8-12,14-15,17-18,20,23,26H,7,13H2,1-6H3,(H2,25,27,28)/t17-,18-,20-,23-/m1/s1. The SMILES string of the molecule is CC[C@H]1O[C@@H](n2cnc3c(N)ncnc32)[C@H](O[Si](C)(C)C(C)(C)C)[C@@H]1NCc1ccccc1. The van der Waals surface area contributed by atoms with Crippen molar-refractivity contribution in [1.29, 1.82) is 0 Å². The number of nitrogens with two attached hydrogens (primary N) is 1. The van der Waals surface area contributed by atoms with E-state index in [1.807, 2.05) is 10.6 Å². The Kier molecular flexibility index (Phi) is 6.59. The molecule has 1 saturated heterocycles. The summed E-state index contributed by atoms with van der Waals surface area (Å²) in [6, 6.07) is 10.4. The van der Waals surface area contributed by atoms with Gasteiger partial charge in [-0.05, 0) is 30.1 Å². The molecule has 4 atom stereocenters. The molecule has 4 rings (SSSR count). The van der Waals surface area contributed by atoms with Gasteiger partial charge in [-0.1, -0.05) is 58.0 Å². The summed E-state index contributed by atoms with van der Waals surface area (Å²) in [5, 5.41) is 3.82. The molecule has 8 nitrogen and oxygen atoms in total. The van der Waals surface area contributed by atoms with Crippen LogP contribution >= 0.6 is 0 Å². The zero-order valence-electron chi connectivity index (χ0n) is 20.4. The van der Waals surface area contributed by atoms with Crippen LogP contribution in [0.3, 0.4) is 0 Å². The zero-order chi connectivity index (χ0) is 23.8. The lowest BCUT2D eigenvalue weighted by atomic mass is 10.0. The van der Waals surface area contributed by atoms with Gasteiger partial charge in [0.05, 0.1) is 18.5 Å². The summed E-state index contributed by atoms with van der Waals surface area (Å²) in [5.41, 5.74) is 8.53. The first-order chi connectivity index (χ1) is 15.6. The fourth-order valence-electron chi connectivity index (χ4n) is 4.09. The van der Waals surface area contributed by atoms with Crippen LogP contribution in [0.15, 0.2) is 43.0 Å². The summed E-state index contributed by atoms with van der Waals surface area (Å²) >= 11 is 0. The summed E-state index contributed by atoms with van der Waals surface area (Å²) in [6.07, 6.45) is 3.50. The van der Waals surface area contributed by atoms with Crippen molar-refractivity contribution in [1.82, 2.24) is 24.8 Å². The quantitative estimate of drug-likeness (QED) is 0.500. The lowest BCUT2D eigenvalue weighted by molar-refractivity contribution is -0.0321. The molecule has 0 bridgehead atoms. The summed E-state index contributed by atoms with van der Waals surface area (Å²) < 4.78 is 15.6. The Labute approximate surface area is 197 Å². The van der Waals surface area contributed by atoms with Gasteiger partial charge in [0.1, 0.15) is 17.9 Å². The van der Waals surface area contributed by atoms with E-state index in [1.54, 1.807) is 6.33 Å². The molecule has 1 aliphatic heterocycles. The van der Waals surface area contributed by atoms with E-state index in [0.717, 1.165) is 13.0 Å². The summed E-state index contributed by atoms with van der Waals surface area (Å²) in [6.45, 7) is 14.2. The molecule has 0 radical (unpaired) electrons. The number of benzene rings is 1. The van der Waals surface area contributed by atoms with Crippen LogP contribution in [-0.2, 0) is 15.7 Å². The average Bonchev–Trinajstić information content (AvgIpc) is 3.34. The van der Waals surface area contributed by atoms with Crippen LogP contribution < -0.4 is 11.1 Å². The molecule has 3 N–H and O–H groups in total. The van der Waals surface area contributed by atoms with Crippen molar-refractivity contribution in [3.63, 3.8) is 0 Å². The molecule has 0 amide bonds. The molecule has 2 aromatic heterocycles. The largest absolute Gasteiger partial charge is 0.408 e. The molecular weight excluding hydrogens is 432 g/mol. The third kappa shape index (κ3) is 4.68. The number of anilines is 1. The first-order valence-corrected chi connectivity index (χ1v) is 14.6. The van der Waals surface area contributed by atoms with Crippen LogP contribution in [0.5, 0.6) is 0 Å². The van der Waals surface area contributed by atoms with E-state index >= 15 is 0 Å². The predicted octanol–water partition coefficient (Wildman–Crippen LogP) is 4.26. The maximum atomic E-state index is 7.04. The van der Waals surface area contributed by atoms with E-state index < -0.39 is 8.32 Å². The molecule has 0 saturated carbocycles. The highest BCUT2D eigenvalue weighted by molar-refractivity contribution is 6.74. The Morgan fingerprint density at radius 1 is 1.15 bits per heavy atom. The van der Waals surface area contributed by atoms with Crippen molar-refractivity contribution in [3.05, 3.63) is 48.5 Å². The molecule has 3 heterocycles. The van der Waals surface area contributed by atoms with E-state index in [2.05, 4.69) is 85.3 Å². The molecule has 33 heavy (non-hydrogen) atoms. The number of hydrogen-bond donors (Lipinski definition) is 2. The second-order valence-electron chi connectivity index (χ2n) is 10.3. The van der Waals surface area contributed by atoms with Gasteiger partial charge in [0, 0.05) is 6.54 Å². The Bertz CT molecular complexity index is 1080. The molecule has 1 aliphatic rings. The molecule has 1 fully saturated rings. The number of fused-ring (bicyclic) bond motifs is 1. The van der Waals surface area contributed by atoms with Gasteiger partial charge in [0.25, 0.3) is 0 Å². The Hall–Kier alpha value is -2.33. The fourth-order valence-corrected chi connectivity index (χ4v) is 5.39. The molecule has 0 unspecified atom stereocenters. The molecular formula is C24H36N6O2Si. The van der Waals surface area contributed by atoms with E-state index in [9.17, 15) is 0 Å². The maximum Gasteiger partial charge on any atom is 0.192 e. The topological polar surface area (TPSA) is 100 Å². The molecule has 0 aliphatic carbocycles. The van der Waals surface area contributed by atoms with Crippen LogP contribution in [0.1, 0.15) is 45.9 Å². The van der Waals surface area contributed by atoms with Gasteiger partial charge in [-0.2, -0.15) is 0 Å². The number of nitrogens with one attached hydrogen (secondary N) is 1. The van der Waals surface area contributed by atoms with Gasteiger partial charge in [0.2, 0.25) is 0 Å². The molecule has 0 spiro atoms. The van der Waals surface area contributed by atoms with E-state index in [4.69, 9.17) is 14.9 Å². The second kappa shape index (κ2) is 9.13. The van der Waals surface area contributed by atoms with Crippen LogP contribution in [0, 0.1) is 0 Å². The number of rotatable bonds is 7. The Morgan fingerprint density at radius 2 is 1.88 bits per heavy atom. The third-order valence-corrected chi connectivity index (χ3v) is 11.5. The van der Waals surface area contributed by atoms with Gasteiger partial charge < -0.3 is 20.2 Å². The van der Waals surface area contributed by atoms with Crippen molar-refractivity contribution in [2.45, 2.75) is 83.3 Å². The van der Waals surface area contributed by atoms with Crippen LogP contribution in [0.2, 0.25) is 18.1 Å². The zero-order valence-corrected chi connectivity index (χ0v) is 21.4. The number of nitrogens with zero attached hydrogens (tertiary/aromatic N) is 4. The third-order valence-electron chi connectivity index (χ3n) is 7.03. The number of aromatic nitrogens is 4. The van der Waals surface area contributed by atoms with Gasteiger partial charge in [-0.25, -0.2) is 15.0 Å². The van der Waals surface area contributed by atoms with Gasteiger partial charge >= 0.3 is 0 Å². The van der Waals surface area contributed by atoms with Crippen molar-refractivity contribution in [2.75, 3.05) is 5.73 Å². The van der Waals surface area contributed by atoms with Crippen molar-refractivity contribution < 1.29 is 9.16 Å². The van der Waals surface area contributed by atoms with Gasteiger partial charge in [-0.3, -0.25) is 4.57 Å². The Morgan fingerprint density at radius 3 is 2.55 bits per heavy atom. The summed E-state index contributed by atoms with van der Waals surface area (Å²) in [7, 11) is -2.11. The molecule has 3 aromatic rings. The molecule has 1 aromatic carbocycles. The smallest absolute Gasteiger partial charge is 0.192 e. The van der Waals surface area contributed by atoms with Crippen molar-refractivity contribution in [2.24, 2.45) is 0 Å². The highest BCUT2D eigenvalue weighted by atomic mass is 28.4. The first kappa shape index (κ1) is 23.8. The predicted molar refractivity (Wildman–Crippen MR) is 133 cm³/mol. The lowest BCUT2D eigenvalue weighted by Gasteiger charge is -2.41. The monoisotopic (exact) mass is 468 g/mol. The second-order valence-corrected chi connectivity index (χ2v) is 15.0. The first-order valence-electron chi connectivity index (χ1n) is 11.7. The fraction of sp³-hybridized carbons (Fsp3) is 0.542. The molecule has 178 valence electrons. The van der Waals surface area contributed by atoms with E-state index in [1.165, 1.54) is 11.9 Å². The van der Waals surface area contributed by atoms with Crippen LogP contribution in [0.25, 0.3) is 11.2 Å². The normalized spacial score (nSPS) is 23.9. The minimum absolute atomic E-state index is 0.00915. The van der Waals surface area contributed by atoms with Crippen molar-refractivity contribution >= 4 is 25.3 Å². The minimum Gasteiger partial charge on any atom is -0.408 e. The molecule has 9 heteroatoms. The summed E-state index contributed by atoms with van der Waals surface area (Å²) in [4.78, 5) is 13.0. The number of imidazole rings is 1. The average molecular weight is 469 g/mol. The maximum absolute atomic E-state index is 7.04. The number of hydrogen-bond acceptors (Lipinski definition) is 7. The van der Waals surface area contributed by atoms with Gasteiger partial charge in [0.15, 0.2) is 26.0 Å². The van der Waals surface area contributed by atoms with Crippen LogP contribution in [0.4, 0.5) is 5.82 Å². The van der Waals surface area contributed by atoms with Gasteiger partial charge in [-0.15, -0.1) is 0 Å². The lowest BCUT2D eigenvalue weighted by Crippen LogP contribution is -2.52. The van der Waals surface area contributed by atoms with E-state index in [0.29, 0.717) is 17.0 Å². The van der Waals surface area contributed by atoms with E-state index in [-0.39, 0.29) is 29.5 Å². The van der Waals surface area contributed by atoms with Crippen molar-refractivity contribution in [3.8, 4) is 0 Å². The Balaban J connectivity index is 1.71. The summed E-state index contributed by atoms with van der Waals surface area (Å²) in [5.74, 6) is 0.365. The number of ether oxygens (including phenoxy) is 1. The minimum atomic E-state index is -2.11. The number of nitrogen functional groups attached to an aromatic ring is 1.